The van der Waals surface area contributed by atoms with Crippen LogP contribution in [0.1, 0.15) is 28.8 Å². The van der Waals surface area contributed by atoms with E-state index in [1.807, 2.05) is 24.5 Å². The number of rotatable bonds is 6. The lowest BCUT2D eigenvalue weighted by Gasteiger charge is -2.32. The first-order chi connectivity index (χ1) is 12.7. The van der Waals surface area contributed by atoms with Gasteiger partial charge in [0.25, 0.3) is 5.91 Å². The van der Waals surface area contributed by atoms with Crippen molar-refractivity contribution in [1.82, 2.24) is 25.5 Å². The number of nitrogens with zero attached hydrogens (tertiary/aromatic N) is 3. The van der Waals surface area contributed by atoms with Gasteiger partial charge in [-0.1, -0.05) is 0 Å². The van der Waals surface area contributed by atoms with Crippen LogP contribution in [0.4, 0.5) is 0 Å². The van der Waals surface area contributed by atoms with Gasteiger partial charge < -0.3 is 10.6 Å². The van der Waals surface area contributed by atoms with E-state index < -0.39 is 0 Å². The Kier molecular flexibility index (Phi) is 6.27. The normalized spacial score (nSPS) is 15.4. The van der Waals surface area contributed by atoms with Crippen molar-refractivity contribution in [1.29, 1.82) is 0 Å². The van der Waals surface area contributed by atoms with Crippen LogP contribution < -0.4 is 10.6 Å². The fourth-order valence-corrected chi connectivity index (χ4v) is 3.02. The zero-order chi connectivity index (χ0) is 18.2. The molecule has 0 atom stereocenters. The molecule has 0 saturated carbocycles. The molecule has 0 aromatic carbocycles. The first kappa shape index (κ1) is 18.0. The number of aromatic nitrogens is 2. The number of hydrogen-bond acceptors (Lipinski definition) is 5. The topological polar surface area (TPSA) is 87.2 Å². The SMILES string of the molecule is O=C(CNC(=O)c1cccnc1)NC1CCN(Cc2ccncc2)CC1. The van der Waals surface area contributed by atoms with Gasteiger partial charge in [0.2, 0.25) is 5.91 Å². The van der Waals surface area contributed by atoms with E-state index in [4.69, 9.17) is 0 Å². The van der Waals surface area contributed by atoms with Gasteiger partial charge in [-0.25, -0.2) is 0 Å². The maximum Gasteiger partial charge on any atom is 0.253 e. The molecule has 1 saturated heterocycles. The first-order valence-corrected chi connectivity index (χ1v) is 8.79. The zero-order valence-electron chi connectivity index (χ0n) is 14.6. The van der Waals surface area contributed by atoms with Crippen molar-refractivity contribution in [2.24, 2.45) is 0 Å². The minimum absolute atomic E-state index is 0.0229. The van der Waals surface area contributed by atoms with Gasteiger partial charge >= 0.3 is 0 Å². The summed E-state index contributed by atoms with van der Waals surface area (Å²) in [6.45, 7) is 2.76. The number of amides is 2. The van der Waals surface area contributed by atoms with Crippen LogP contribution in [0, 0.1) is 0 Å². The highest BCUT2D eigenvalue weighted by Crippen LogP contribution is 2.13. The maximum atomic E-state index is 12.1. The van der Waals surface area contributed by atoms with E-state index in [0.717, 1.165) is 32.5 Å². The van der Waals surface area contributed by atoms with E-state index in [-0.39, 0.29) is 24.4 Å². The average Bonchev–Trinajstić information content (AvgIpc) is 2.69. The smallest absolute Gasteiger partial charge is 0.253 e. The second kappa shape index (κ2) is 9.05. The van der Waals surface area contributed by atoms with Crippen molar-refractivity contribution in [2.75, 3.05) is 19.6 Å². The summed E-state index contributed by atoms with van der Waals surface area (Å²) < 4.78 is 0. The fraction of sp³-hybridized carbons (Fsp3) is 0.368. The van der Waals surface area contributed by atoms with E-state index in [1.54, 1.807) is 18.3 Å². The molecule has 0 unspecified atom stereocenters. The number of carbonyl (C=O) groups is 2. The number of piperidine rings is 1. The number of nitrogens with one attached hydrogen (secondary N) is 2. The minimum atomic E-state index is -0.291. The Balaban J connectivity index is 1.36. The van der Waals surface area contributed by atoms with E-state index in [1.165, 1.54) is 11.8 Å². The van der Waals surface area contributed by atoms with Crippen molar-refractivity contribution in [3.05, 3.63) is 60.2 Å². The summed E-state index contributed by atoms with van der Waals surface area (Å²) in [7, 11) is 0. The highest BCUT2D eigenvalue weighted by molar-refractivity contribution is 5.96. The Hall–Kier alpha value is -2.80. The molecule has 3 heterocycles. The molecule has 2 aromatic rings. The molecule has 0 radical (unpaired) electrons. The Labute approximate surface area is 152 Å². The largest absolute Gasteiger partial charge is 0.352 e. The number of carbonyl (C=O) groups excluding carboxylic acids is 2. The van der Waals surface area contributed by atoms with Crippen LogP contribution >= 0.6 is 0 Å². The van der Waals surface area contributed by atoms with Crippen LogP contribution in [0.15, 0.2) is 49.1 Å². The first-order valence-electron chi connectivity index (χ1n) is 8.79. The van der Waals surface area contributed by atoms with Gasteiger partial charge in [0, 0.05) is 50.5 Å². The number of pyridine rings is 2. The maximum absolute atomic E-state index is 12.1. The Morgan fingerprint density at radius 1 is 1.08 bits per heavy atom. The lowest BCUT2D eigenvalue weighted by molar-refractivity contribution is -0.121. The van der Waals surface area contributed by atoms with E-state index in [0.29, 0.717) is 5.56 Å². The van der Waals surface area contributed by atoms with Crippen LogP contribution in [-0.2, 0) is 11.3 Å². The summed E-state index contributed by atoms with van der Waals surface area (Å²) >= 11 is 0. The van der Waals surface area contributed by atoms with Crippen LogP contribution in [0.5, 0.6) is 0 Å². The molecule has 1 aliphatic heterocycles. The molecule has 2 aromatic heterocycles. The van der Waals surface area contributed by atoms with Crippen LogP contribution in [0.3, 0.4) is 0 Å². The van der Waals surface area contributed by atoms with Crippen molar-refractivity contribution in [2.45, 2.75) is 25.4 Å². The quantitative estimate of drug-likeness (QED) is 0.809. The second-order valence-electron chi connectivity index (χ2n) is 6.40. The van der Waals surface area contributed by atoms with Gasteiger partial charge in [-0.05, 0) is 42.7 Å². The van der Waals surface area contributed by atoms with Crippen molar-refractivity contribution in [3.63, 3.8) is 0 Å². The third-order valence-electron chi connectivity index (χ3n) is 4.44. The Morgan fingerprint density at radius 3 is 2.54 bits per heavy atom. The van der Waals surface area contributed by atoms with Crippen LogP contribution in [0.2, 0.25) is 0 Å². The van der Waals surface area contributed by atoms with E-state index in [2.05, 4.69) is 25.5 Å². The summed E-state index contributed by atoms with van der Waals surface area (Å²) in [4.78, 5) is 34.3. The summed E-state index contributed by atoms with van der Waals surface area (Å²) in [6, 6.07) is 7.57. The molecule has 1 fully saturated rings. The molecule has 0 bridgehead atoms. The predicted molar refractivity (Wildman–Crippen MR) is 97.2 cm³/mol. The summed E-state index contributed by atoms with van der Waals surface area (Å²) in [6.07, 6.45) is 8.52. The number of hydrogen-bond donors (Lipinski definition) is 2. The van der Waals surface area contributed by atoms with E-state index >= 15 is 0 Å². The molecule has 2 N–H and O–H groups in total. The van der Waals surface area contributed by atoms with Gasteiger partial charge in [-0.15, -0.1) is 0 Å². The average molecular weight is 353 g/mol. The van der Waals surface area contributed by atoms with Crippen LogP contribution in [-0.4, -0.2) is 52.4 Å². The molecular formula is C19H23N5O2. The molecule has 0 spiro atoms. The van der Waals surface area contributed by atoms with Crippen molar-refractivity contribution in [3.8, 4) is 0 Å². The number of likely N-dealkylation sites (tertiary alicyclic amines) is 1. The Morgan fingerprint density at radius 2 is 1.85 bits per heavy atom. The third kappa shape index (κ3) is 5.35. The van der Waals surface area contributed by atoms with Gasteiger partial charge in [0.05, 0.1) is 12.1 Å². The predicted octanol–water partition coefficient (Wildman–Crippen LogP) is 0.987. The van der Waals surface area contributed by atoms with Gasteiger partial charge in [-0.2, -0.15) is 0 Å². The Bertz CT molecular complexity index is 715. The van der Waals surface area contributed by atoms with Gasteiger partial charge in [-0.3, -0.25) is 24.5 Å². The van der Waals surface area contributed by atoms with Gasteiger partial charge in [0.1, 0.15) is 0 Å². The van der Waals surface area contributed by atoms with Crippen LogP contribution in [0.25, 0.3) is 0 Å². The van der Waals surface area contributed by atoms with E-state index in [9.17, 15) is 9.59 Å². The standard InChI is InChI=1S/C19H23N5O2/c25-18(13-22-19(26)16-2-1-7-21-12-16)23-17-5-10-24(11-6-17)14-15-3-8-20-9-4-15/h1-4,7-9,12,17H,5-6,10-11,13-14H2,(H,22,26)(H,23,25). The monoisotopic (exact) mass is 353 g/mol. The van der Waals surface area contributed by atoms with Gasteiger partial charge in [0.15, 0.2) is 0 Å². The molecule has 136 valence electrons. The molecule has 1 aliphatic rings. The molecular weight excluding hydrogens is 330 g/mol. The minimum Gasteiger partial charge on any atom is -0.352 e. The molecule has 26 heavy (non-hydrogen) atoms. The highest BCUT2D eigenvalue weighted by atomic mass is 16.2. The van der Waals surface area contributed by atoms with Crippen molar-refractivity contribution < 1.29 is 9.59 Å². The fourth-order valence-electron chi connectivity index (χ4n) is 3.02. The summed E-state index contributed by atoms with van der Waals surface area (Å²) in [5.74, 6) is -0.449. The highest BCUT2D eigenvalue weighted by Gasteiger charge is 2.20. The lowest BCUT2D eigenvalue weighted by Crippen LogP contribution is -2.47. The molecule has 3 rings (SSSR count). The molecule has 2 amide bonds. The lowest BCUT2D eigenvalue weighted by atomic mass is 10.0. The molecule has 7 nitrogen and oxygen atoms in total. The molecule has 7 heteroatoms. The van der Waals surface area contributed by atoms with Crippen molar-refractivity contribution >= 4 is 11.8 Å². The summed E-state index contributed by atoms with van der Waals surface area (Å²) in [5.41, 5.74) is 1.70. The zero-order valence-corrected chi connectivity index (χ0v) is 14.6. The summed E-state index contributed by atoms with van der Waals surface area (Å²) in [5, 5.41) is 5.63. The third-order valence-corrected chi connectivity index (χ3v) is 4.44. The second-order valence-corrected chi connectivity index (χ2v) is 6.40. The molecule has 0 aliphatic carbocycles.